The van der Waals surface area contributed by atoms with Crippen LogP contribution in [0, 0.1) is 0 Å². The zero-order valence-corrected chi connectivity index (χ0v) is 11.7. The highest BCUT2D eigenvalue weighted by atomic mass is 16.5. The molecule has 0 aliphatic carbocycles. The van der Waals surface area contributed by atoms with Gasteiger partial charge >= 0.3 is 0 Å². The lowest BCUT2D eigenvalue weighted by Gasteiger charge is -2.15. The van der Waals surface area contributed by atoms with Crippen LogP contribution in [0.3, 0.4) is 0 Å². The summed E-state index contributed by atoms with van der Waals surface area (Å²) in [6, 6.07) is 3.98. The summed E-state index contributed by atoms with van der Waals surface area (Å²) < 4.78 is 16.0. The van der Waals surface area contributed by atoms with Crippen LogP contribution in [0.4, 0.5) is 0 Å². The summed E-state index contributed by atoms with van der Waals surface area (Å²) in [5.74, 6) is 2.34. The molecule has 0 saturated heterocycles. The third-order valence-corrected chi connectivity index (χ3v) is 2.90. The van der Waals surface area contributed by atoms with Gasteiger partial charge in [-0.2, -0.15) is 0 Å². The summed E-state index contributed by atoms with van der Waals surface area (Å²) in [5, 5.41) is 0. The molecule has 2 N–H and O–H groups in total. The lowest BCUT2D eigenvalue weighted by atomic mass is 10.0. The molecule has 0 saturated carbocycles. The van der Waals surface area contributed by atoms with E-state index >= 15 is 0 Å². The first-order valence-electron chi connectivity index (χ1n) is 6.16. The maximum Gasteiger partial charge on any atom is 0.129 e. The topological polar surface area (TPSA) is 53.7 Å². The van der Waals surface area contributed by atoms with Crippen LogP contribution in [0.15, 0.2) is 12.1 Å². The molecule has 4 heteroatoms. The van der Waals surface area contributed by atoms with E-state index in [-0.39, 0.29) is 6.04 Å². The number of hydrogen-bond donors (Lipinski definition) is 1. The van der Waals surface area contributed by atoms with E-state index < -0.39 is 0 Å². The molecule has 0 bridgehead atoms. The van der Waals surface area contributed by atoms with Gasteiger partial charge in [-0.1, -0.05) is 0 Å². The van der Waals surface area contributed by atoms with E-state index in [0.717, 1.165) is 42.1 Å². The molecule has 0 heterocycles. The fourth-order valence-corrected chi connectivity index (χ4v) is 1.93. The highest BCUT2D eigenvalue weighted by Crippen LogP contribution is 2.35. The van der Waals surface area contributed by atoms with Crippen LogP contribution in [0.1, 0.15) is 25.3 Å². The van der Waals surface area contributed by atoms with Crippen molar-refractivity contribution >= 4 is 0 Å². The Bertz CT molecular complexity index is 352. The third kappa shape index (κ3) is 3.81. The summed E-state index contributed by atoms with van der Waals surface area (Å²) in [6.45, 7) is 2.02. The first-order chi connectivity index (χ1) is 8.62. The van der Waals surface area contributed by atoms with Crippen LogP contribution in [-0.4, -0.2) is 27.4 Å². The zero-order chi connectivity index (χ0) is 13.5. The lowest BCUT2D eigenvalue weighted by molar-refractivity contribution is 0.367. The normalized spacial score (nSPS) is 12.1. The molecule has 1 rings (SSSR count). The zero-order valence-electron chi connectivity index (χ0n) is 11.7. The summed E-state index contributed by atoms with van der Waals surface area (Å²) in [7, 11) is 4.94. The average molecular weight is 253 g/mol. The Morgan fingerprint density at radius 1 is 1.06 bits per heavy atom. The van der Waals surface area contributed by atoms with Gasteiger partial charge in [0.05, 0.1) is 21.3 Å². The number of hydrogen-bond acceptors (Lipinski definition) is 4. The van der Waals surface area contributed by atoms with Gasteiger partial charge in [0.1, 0.15) is 17.2 Å². The molecule has 102 valence electrons. The second-order valence-corrected chi connectivity index (χ2v) is 4.38. The van der Waals surface area contributed by atoms with Gasteiger partial charge in [0.2, 0.25) is 0 Å². The molecule has 4 nitrogen and oxygen atoms in total. The quantitative estimate of drug-likeness (QED) is 0.810. The van der Waals surface area contributed by atoms with Crippen molar-refractivity contribution in [1.29, 1.82) is 0 Å². The number of ether oxygens (including phenoxy) is 3. The Morgan fingerprint density at radius 2 is 1.61 bits per heavy atom. The van der Waals surface area contributed by atoms with E-state index in [9.17, 15) is 0 Å². The maximum atomic E-state index is 5.76. The maximum absolute atomic E-state index is 5.76. The molecule has 1 atom stereocenters. The molecule has 1 aromatic rings. The SMILES string of the molecule is COc1cc(OC)c(CCCC(C)N)c(OC)c1. The molecule has 0 radical (unpaired) electrons. The van der Waals surface area contributed by atoms with Crippen LogP contribution >= 0.6 is 0 Å². The van der Waals surface area contributed by atoms with Crippen molar-refractivity contribution in [1.82, 2.24) is 0 Å². The number of benzene rings is 1. The molecule has 0 aliphatic rings. The molecule has 1 unspecified atom stereocenters. The Labute approximate surface area is 109 Å². The van der Waals surface area contributed by atoms with Crippen molar-refractivity contribution in [3.63, 3.8) is 0 Å². The highest BCUT2D eigenvalue weighted by molar-refractivity contribution is 5.50. The van der Waals surface area contributed by atoms with Crippen molar-refractivity contribution in [3.8, 4) is 17.2 Å². The molecular weight excluding hydrogens is 230 g/mol. The van der Waals surface area contributed by atoms with E-state index in [1.165, 1.54) is 0 Å². The monoisotopic (exact) mass is 253 g/mol. The Hall–Kier alpha value is -1.42. The fraction of sp³-hybridized carbons (Fsp3) is 0.571. The van der Waals surface area contributed by atoms with Crippen LogP contribution in [0.2, 0.25) is 0 Å². The Kier molecular flexibility index (Phi) is 5.78. The number of nitrogens with two attached hydrogens (primary N) is 1. The van der Waals surface area contributed by atoms with Gasteiger partial charge in [-0.3, -0.25) is 0 Å². The smallest absolute Gasteiger partial charge is 0.129 e. The second kappa shape index (κ2) is 7.11. The molecule has 0 fully saturated rings. The highest BCUT2D eigenvalue weighted by Gasteiger charge is 2.13. The van der Waals surface area contributed by atoms with E-state index in [2.05, 4.69) is 0 Å². The first kappa shape index (κ1) is 14.6. The molecule has 18 heavy (non-hydrogen) atoms. The van der Waals surface area contributed by atoms with Gasteiger partial charge < -0.3 is 19.9 Å². The van der Waals surface area contributed by atoms with Crippen molar-refractivity contribution in [3.05, 3.63) is 17.7 Å². The Balaban J connectivity index is 2.92. The number of rotatable bonds is 7. The predicted molar refractivity (Wildman–Crippen MR) is 72.7 cm³/mol. The molecule has 0 amide bonds. The van der Waals surface area contributed by atoms with Crippen LogP contribution < -0.4 is 19.9 Å². The van der Waals surface area contributed by atoms with Crippen molar-refractivity contribution in [2.45, 2.75) is 32.2 Å². The minimum absolute atomic E-state index is 0.222. The molecule has 0 spiro atoms. The average Bonchev–Trinajstić information content (AvgIpc) is 2.37. The summed E-state index contributed by atoms with van der Waals surface area (Å²) >= 11 is 0. The van der Waals surface area contributed by atoms with Crippen LogP contribution in [-0.2, 0) is 6.42 Å². The summed E-state index contributed by atoms with van der Waals surface area (Å²) in [5.41, 5.74) is 6.83. The molecule has 1 aromatic carbocycles. The van der Waals surface area contributed by atoms with Gasteiger partial charge in [0, 0.05) is 23.7 Å². The van der Waals surface area contributed by atoms with Crippen molar-refractivity contribution in [2.75, 3.05) is 21.3 Å². The molecule has 0 aromatic heterocycles. The van der Waals surface area contributed by atoms with Gasteiger partial charge in [-0.05, 0) is 26.2 Å². The van der Waals surface area contributed by atoms with E-state index in [4.69, 9.17) is 19.9 Å². The van der Waals surface area contributed by atoms with E-state index in [1.54, 1.807) is 21.3 Å². The van der Waals surface area contributed by atoms with Crippen LogP contribution in [0.25, 0.3) is 0 Å². The van der Waals surface area contributed by atoms with Crippen LogP contribution in [0.5, 0.6) is 17.2 Å². The third-order valence-electron chi connectivity index (χ3n) is 2.90. The lowest BCUT2D eigenvalue weighted by Crippen LogP contribution is -2.14. The minimum Gasteiger partial charge on any atom is -0.496 e. The fourth-order valence-electron chi connectivity index (χ4n) is 1.93. The summed E-state index contributed by atoms with van der Waals surface area (Å²) in [6.07, 6.45) is 2.88. The van der Waals surface area contributed by atoms with Crippen molar-refractivity contribution < 1.29 is 14.2 Å². The van der Waals surface area contributed by atoms with Gasteiger partial charge in [0.15, 0.2) is 0 Å². The first-order valence-corrected chi connectivity index (χ1v) is 6.16. The van der Waals surface area contributed by atoms with E-state index in [0.29, 0.717) is 0 Å². The van der Waals surface area contributed by atoms with Gasteiger partial charge in [0.25, 0.3) is 0 Å². The second-order valence-electron chi connectivity index (χ2n) is 4.38. The number of methoxy groups -OCH3 is 3. The van der Waals surface area contributed by atoms with Gasteiger partial charge in [-0.15, -0.1) is 0 Å². The van der Waals surface area contributed by atoms with E-state index in [1.807, 2.05) is 19.1 Å². The molecular formula is C14H23NO3. The van der Waals surface area contributed by atoms with Gasteiger partial charge in [-0.25, -0.2) is 0 Å². The minimum atomic E-state index is 0.222. The largest absolute Gasteiger partial charge is 0.496 e. The summed E-state index contributed by atoms with van der Waals surface area (Å²) in [4.78, 5) is 0. The molecule has 0 aliphatic heterocycles. The predicted octanol–water partition coefficient (Wildman–Crippen LogP) is 2.38. The van der Waals surface area contributed by atoms with Crippen molar-refractivity contribution in [2.24, 2.45) is 5.73 Å². The Morgan fingerprint density at radius 3 is 2.00 bits per heavy atom. The standard InChI is InChI=1S/C14H23NO3/c1-10(15)6-5-7-12-13(17-3)8-11(16-2)9-14(12)18-4/h8-10H,5-7,15H2,1-4H3.